The molecule has 1 saturated heterocycles. The summed E-state index contributed by atoms with van der Waals surface area (Å²) in [6.45, 7) is 7.31. The molecular weight excluding hydrogens is 536 g/mol. The van der Waals surface area contributed by atoms with Gasteiger partial charge >= 0.3 is 0 Å². The maximum atomic E-state index is 14.3. The second-order valence-electron chi connectivity index (χ2n) is 12.2. The van der Waals surface area contributed by atoms with Crippen LogP contribution >= 0.6 is 0 Å². The van der Waals surface area contributed by atoms with Crippen LogP contribution in [0, 0.1) is 23.0 Å². The number of hydrogen-bond donors (Lipinski definition) is 2. The summed E-state index contributed by atoms with van der Waals surface area (Å²) >= 11 is 0. The number of nitrogens with one attached hydrogen (secondary N) is 2. The van der Waals surface area contributed by atoms with Gasteiger partial charge in [-0.05, 0) is 49.5 Å². The first-order chi connectivity index (χ1) is 20.3. The van der Waals surface area contributed by atoms with E-state index in [1.165, 1.54) is 25.3 Å². The number of benzene rings is 2. The zero-order valence-electron chi connectivity index (χ0n) is 24.9. The number of halogens is 2. The van der Waals surface area contributed by atoms with Gasteiger partial charge in [-0.25, -0.2) is 8.78 Å². The normalized spacial score (nSPS) is 23.4. The van der Waals surface area contributed by atoms with E-state index in [9.17, 15) is 18.4 Å². The lowest BCUT2D eigenvalue weighted by Crippen LogP contribution is -2.65. The molecule has 2 atom stereocenters. The molecule has 4 aliphatic rings. The minimum Gasteiger partial charge on any atom is -0.407 e. The van der Waals surface area contributed by atoms with Crippen LogP contribution in [-0.4, -0.2) is 41.8 Å². The van der Waals surface area contributed by atoms with Gasteiger partial charge in [0.15, 0.2) is 11.5 Å². The Morgan fingerprint density at radius 2 is 1.76 bits per heavy atom. The molecule has 1 amide bonds. The molecule has 2 heterocycles. The molecule has 6 nitrogen and oxygen atoms in total. The van der Waals surface area contributed by atoms with Crippen LogP contribution in [0.25, 0.3) is 5.76 Å². The van der Waals surface area contributed by atoms with Gasteiger partial charge in [-0.1, -0.05) is 70.4 Å². The molecule has 230 valence electrons. The monoisotopic (exact) mass is 583 g/mol. The minimum absolute atomic E-state index is 0. The van der Waals surface area contributed by atoms with Crippen molar-refractivity contribution >= 4 is 17.4 Å². The molecule has 2 aromatic carbocycles. The third-order valence-electron chi connectivity index (χ3n) is 9.56. The third kappa shape index (κ3) is 6.16. The van der Waals surface area contributed by atoms with Crippen molar-refractivity contribution in [3.05, 3.63) is 77.4 Å². The van der Waals surface area contributed by atoms with Gasteiger partial charge in [0.1, 0.15) is 17.7 Å². The van der Waals surface area contributed by atoms with Gasteiger partial charge in [-0.3, -0.25) is 14.5 Å². The molecule has 0 spiro atoms. The highest BCUT2D eigenvalue weighted by atomic mass is 19.1. The summed E-state index contributed by atoms with van der Waals surface area (Å²) in [5.41, 5.74) is 3.14. The lowest BCUT2D eigenvalue weighted by atomic mass is 9.64. The molecule has 3 fully saturated rings. The number of hydrogen-bond acceptors (Lipinski definition) is 5. The van der Waals surface area contributed by atoms with Gasteiger partial charge in [0.25, 0.3) is 0 Å². The van der Waals surface area contributed by atoms with E-state index in [1.54, 1.807) is 6.08 Å². The second-order valence-corrected chi connectivity index (χ2v) is 12.2. The van der Waals surface area contributed by atoms with Crippen LogP contribution in [0.1, 0.15) is 86.1 Å². The van der Waals surface area contributed by atoms with Crippen molar-refractivity contribution < 1.29 is 26.1 Å². The van der Waals surface area contributed by atoms with Crippen LogP contribution in [0.15, 0.2) is 54.6 Å². The van der Waals surface area contributed by atoms with E-state index >= 15 is 0 Å². The number of nitrogens with zero attached hydrogens (tertiary/aromatic N) is 1. The summed E-state index contributed by atoms with van der Waals surface area (Å²) in [6.07, 6.45) is 9.68. The molecule has 2 aromatic rings. The Morgan fingerprint density at radius 3 is 2.40 bits per heavy atom. The number of rotatable bonds is 9. The quantitative estimate of drug-likeness (QED) is 0.341. The third-order valence-corrected chi connectivity index (χ3v) is 9.56. The van der Waals surface area contributed by atoms with Crippen LogP contribution in [0.5, 0.6) is 0 Å². The fourth-order valence-corrected chi connectivity index (χ4v) is 6.90. The van der Waals surface area contributed by atoms with Gasteiger partial charge in [0, 0.05) is 45.8 Å². The van der Waals surface area contributed by atoms with E-state index in [4.69, 9.17) is 4.84 Å². The molecule has 2 N–H and O–H groups in total. The Hall–Kier alpha value is -3.10. The van der Waals surface area contributed by atoms with Crippen LogP contribution in [0.4, 0.5) is 8.78 Å². The van der Waals surface area contributed by atoms with Crippen molar-refractivity contribution in [3.63, 3.8) is 0 Å². The molecule has 2 aliphatic carbocycles. The van der Waals surface area contributed by atoms with Crippen molar-refractivity contribution in [2.75, 3.05) is 13.1 Å². The van der Waals surface area contributed by atoms with E-state index < -0.39 is 29.0 Å². The Kier molecular flexibility index (Phi) is 9.14. The topological polar surface area (TPSA) is 70.7 Å². The van der Waals surface area contributed by atoms with Crippen LogP contribution in [-0.2, 0) is 20.0 Å². The standard InChI is InChI=1S/C32H37F2N3O3.C2H6.2H2/c1-21(30(39)27-17-28(40-36-27)25-13-12-23(33)16-26(25)34)31(19-37(20-31)24-10-6-3-7-11-24)18-29(38)35-32(14-15-32)22-8-4-2-5-9-22;1-2;;/h2,4-5,8-9,12-13,16-17,21,24,27,36H,3,6-7,10-11,14-15,18-20H2,1H3,(H,35,38);1-2H3;2*1H. The van der Waals surface area contributed by atoms with Crippen LogP contribution in [0.3, 0.4) is 0 Å². The van der Waals surface area contributed by atoms with Gasteiger partial charge in [0.05, 0.1) is 11.1 Å². The molecule has 2 aliphatic heterocycles. The number of likely N-dealkylation sites (tertiary alicyclic amines) is 1. The first-order valence-corrected chi connectivity index (χ1v) is 15.5. The van der Waals surface area contributed by atoms with Crippen molar-refractivity contribution in [3.8, 4) is 0 Å². The molecule has 6 rings (SSSR count). The largest absolute Gasteiger partial charge is 0.407 e. The predicted octanol–water partition coefficient (Wildman–Crippen LogP) is 6.76. The first-order valence-electron chi connectivity index (χ1n) is 15.5. The number of hydroxylamine groups is 1. The molecular formula is C34H47F2N3O3. The maximum absolute atomic E-state index is 14.3. The summed E-state index contributed by atoms with van der Waals surface area (Å²) in [7, 11) is 0. The predicted molar refractivity (Wildman–Crippen MR) is 163 cm³/mol. The Labute approximate surface area is 250 Å². The fourth-order valence-electron chi connectivity index (χ4n) is 6.90. The SMILES string of the molecule is CC.CC(C(=O)C1C=C(c2ccc(F)cc2F)ON1)C1(CC(=O)NC2(c3ccccc3)CC2)CN(C2CCCCC2)C1.[HH].[HH]. The molecule has 8 heteroatoms. The summed E-state index contributed by atoms with van der Waals surface area (Å²) in [4.78, 5) is 35.3. The summed E-state index contributed by atoms with van der Waals surface area (Å²) in [5.74, 6) is -1.83. The number of carbonyl (C=O) groups is 2. The average molecular weight is 584 g/mol. The lowest BCUT2D eigenvalue weighted by Gasteiger charge is -2.56. The molecule has 42 heavy (non-hydrogen) atoms. The Morgan fingerprint density at radius 1 is 1.07 bits per heavy atom. The van der Waals surface area contributed by atoms with Gasteiger partial charge in [-0.2, -0.15) is 0 Å². The Balaban J connectivity index is 0.00000130. The van der Waals surface area contributed by atoms with E-state index in [1.807, 2.05) is 39.0 Å². The minimum atomic E-state index is -0.780. The molecule has 0 aromatic heterocycles. The summed E-state index contributed by atoms with van der Waals surface area (Å²) < 4.78 is 27.7. The average Bonchev–Trinajstić information content (AvgIpc) is 3.61. The highest BCUT2D eigenvalue weighted by molar-refractivity contribution is 5.91. The van der Waals surface area contributed by atoms with E-state index in [0.717, 1.165) is 43.4 Å². The maximum Gasteiger partial charge on any atom is 0.221 e. The fraction of sp³-hybridized carbons (Fsp3) is 0.529. The van der Waals surface area contributed by atoms with E-state index in [2.05, 4.69) is 27.8 Å². The number of amides is 1. The molecule has 0 radical (unpaired) electrons. The van der Waals surface area contributed by atoms with Crippen molar-refractivity contribution in [1.82, 2.24) is 15.7 Å². The molecule has 2 unspecified atom stereocenters. The zero-order chi connectivity index (χ0) is 29.9. The number of carbonyl (C=O) groups excluding carboxylic acids is 2. The van der Waals surface area contributed by atoms with Crippen LogP contribution in [0.2, 0.25) is 0 Å². The van der Waals surface area contributed by atoms with E-state index in [0.29, 0.717) is 19.1 Å². The lowest BCUT2D eigenvalue weighted by molar-refractivity contribution is -0.145. The number of ketones is 1. The van der Waals surface area contributed by atoms with Gasteiger partial charge < -0.3 is 10.2 Å². The van der Waals surface area contributed by atoms with Crippen LogP contribution < -0.4 is 10.8 Å². The van der Waals surface area contributed by atoms with Crippen molar-refractivity contribution in [1.29, 1.82) is 0 Å². The van der Waals surface area contributed by atoms with Crippen molar-refractivity contribution in [2.24, 2.45) is 11.3 Å². The zero-order valence-corrected chi connectivity index (χ0v) is 24.9. The second kappa shape index (κ2) is 12.6. The highest BCUT2D eigenvalue weighted by Gasteiger charge is 2.54. The number of Topliss-reactive ketones (excluding diaryl/α,β-unsaturated/α-hetero) is 1. The molecule has 0 bridgehead atoms. The summed E-state index contributed by atoms with van der Waals surface area (Å²) in [5, 5.41) is 3.31. The Bertz CT molecular complexity index is 1310. The smallest absolute Gasteiger partial charge is 0.221 e. The van der Waals surface area contributed by atoms with Crippen molar-refractivity contribution in [2.45, 2.75) is 89.8 Å². The first kappa shape index (κ1) is 30.4. The highest BCUT2D eigenvalue weighted by Crippen LogP contribution is 2.48. The van der Waals surface area contributed by atoms with Gasteiger partial charge in [-0.15, -0.1) is 5.48 Å². The summed E-state index contributed by atoms with van der Waals surface area (Å²) in [6, 6.07) is 13.1. The molecule has 2 saturated carbocycles. The van der Waals surface area contributed by atoms with E-state index in [-0.39, 0.29) is 37.8 Å². The van der Waals surface area contributed by atoms with Gasteiger partial charge in [0.2, 0.25) is 5.91 Å².